The summed E-state index contributed by atoms with van der Waals surface area (Å²) in [6.45, 7) is 3.28. The molecule has 21 heavy (non-hydrogen) atoms. The van der Waals surface area contributed by atoms with Gasteiger partial charge in [0.2, 0.25) is 5.95 Å². The average Bonchev–Trinajstić information content (AvgIpc) is 2.56. The van der Waals surface area contributed by atoms with Crippen LogP contribution >= 0.6 is 0 Å². The Morgan fingerprint density at radius 2 is 1.67 bits per heavy atom. The van der Waals surface area contributed by atoms with Crippen LogP contribution in [0, 0.1) is 0 Å². The summed E-state index contributed by atoms with van der Waals surface area (Å²) in [5.41, 5.74) is 1.24. The van der Waals surface area contributed by atoms with Crippen LogP contribution in [0.2, 0.25) is 0 Å². The molecule has 2 heterocycles. The van der Waals surface area contributed by atoms with Gasteiger partial charge in [-0.15, -0.1) is 0 Å². The monoisotopic (exact) mass is 284 g/mol. The van der Waals surface area contributed by atoms with Crippen LogP contribution in [0.3, 0.4) is 0 Å². The molecule has 1 aliphatic heterocycles. The summed E-state index contributed by atoms with van der Waals surface area (Å²) in [5, 5.41) is 8.98. The van der Waals surface area contributed by atoms with Crippen LogP contribution in [-0.2, 0) is 0 Å². The van der Waals surface area contributed by atoms with Crippen molar-refractivity contribution >= 4 is 17.6 Å². The third-order valence-electron chi connectivity index (χ3n) is 3.55. The minimum Gasteiger partial charge on any atom is -0.477 e. The van der Waals surface area contributed by atoms with E-state index in [1.54, 1.807) is 0 Å². The van der Waals surface area contributed by atoms with Crippen molar-refractivity contribution in [2.75, 3.05) is 36.0 Å². The number of carboxylic acids is 1. The number of para-hydroxylation sites is 1. The first-order chi connectivity index (χ1) is 10.2. The third kappa shape index (κ3) is 2.94. The molecule has 1 aromatic heterocycles. The Labute approximate surface area is 122 Å². The normalized spacial score (nSPS) is 15.0. The highest BCUT2D eigenvalue weighted by atomic mass is 16.4. The lowest BCUT2D eigenvalue weighted by Gasteiger charge is -2.36. The van der Waals surface area contributed by atoms with Gasteiger partial charge in [0.25, 0.3) is 0 Å². The maximum absolute atomic E-state index is 11.0. The zero-order chi connectivity index (χ0) is 14.7. The Morgan fingerprint density at radius 3 is 2.33 bits per heavy atom. The van der Waals surface area contributed by atoms with E-state index in [0.717, 1.165) is 26.2 Å². The molecule has 0 bridgehead atoms. The van der Waals surface area contributed by atoms with E-state index in [1.807, 2.05) is 23.1 Å². The summed E-state index contributed by atoms with van der Waals surface area (Å²) in [6.07, 6.45) is 1.50. The van der Waals surface area contributed by atoms with E-state index in [4.69, 9.17) is 5.11 Å². The number of nitrogens with zero attached hydrogens (tertiary/aromatic N) is 4. The number of piperazine rings is 1. The fraction of sp³-hybridized carbons (Fsp3) is 0.267. The molecule has 1 N–H and O–H groups in total. The molecule has 0 radical (unpaired) electrons. The largest absolute Gasteiger partial charge is 0.477 e. The van der Waals surface area contributed by atoms with E-state index in [2.05, 4.69) is 27.0 Å². The van der Waals surface area contributed by atoms with E-state index >= 15 is 0 Å². The number of anilines is 2. The molecule has 0 unspecified atom stereocenters. The number of hydrogen-bond donors (Lipinski definition) is 1. The second kappa shape index (κ2) is 5.78. The molecule has 0 aliphatic carbocycles. The highest BCUT2D eigenvalue weighted by Crippen LogP contribution is 2.17. The van der Waals surface area contributed by atoms with Gasteiger partial charge in [0.15, 0.2) is 5.69 Å². The summed E-state index contributed by atoms with van der Waals surface area (Å²) in [6, 6.07) is 11.7. The number of carboxylic acid groups (broad SMARTS) is 1. The van der Waals surface area contributed by atoms with Crippen LogP contribution in [-0.4, -0.2) is 47.2 Å². The maximum Gasteiger partial charge on any atom is 0.354 e. The first kappa shape index (κ1) is 13.4. The maximum atomic E-state index is 11.0. The Hall–Kier alpha value is -2.63. The fourth-order valence-corrected chi connectivity index (χ4v) is 2.42. The van der Waals surface area contributed by atoms with Gasteiger partial charge in [-0.3, -0.25) is 0 Å². The number of benzene rings is 1. The molecule has 1 fully saturated rings. The molecule has 0 saturated carbocycles. The zero-order valence-corrected chi connectivity index (χ0v) is 11.5. The van der Waals surface area contributed by atoms with Gasteiger partial charge in [-0.1, -0.05) is 18.2 Å². The lowest BCUT2D eigenvalue weighted by atomic mass is 10.2. The summed E-state index contributed by atoms with van der Waals surface area (Å²) in [5.74, 6) is -0.538. The lowest BCUT2D eigenvalue weighted by Crippen LogP contribution is -2.47. The molecule has 6 heteroatoms. The molecule has 2 aromatic rings. The van der Waals surface area contributed by atoms with Crippen LogP contribution in [0.5, 0.6) is 0 Å². The Balaban J connectivity index is 1.68. The first-order valence-electron chi connectivity index (χ1n) is 6.85. The van der Waals surface area contributed by atoms with E-state index in [9.17, 15) is 4.79 Å². The van der Waals surface area contributed by atoms with Crippen LogP contribution in [0.4, 0.5) is 11.6 Å². The van der Waals surface area contributed by atoms with Crippen molar-refractivity contribution in [1.29, 1.82) is 0 Å². The third-order valence-corrected chi connectivity index (χ3v) is 3.55. The summed E-state index contributed by atoms with van der Waals surface area (Å²) in [7, 11) is 0. The molecular weight excluding hydrogens is 268 g/mol. The second-order valence-electron chi connectivity index (χ2n) is 4.86. The number of aromatic nitrogens is 2. The van der Waals surface area contributed by atoms with Gasteiger partial charge in [-0.25, -0.2) is 14.8 Å². The van der Waals surface area contributed by atoms with E-state index in [1.165, 1.54) is 18.0 Å². The Bertz CT molecular complexity index is 625. The summed E-state index contributed by atoms with van der Waals surface area (Å²) in [4.78, 5) is 23.5. The molecule has 0 amide bonds. The van der Waals surface area contributed by atoms with Crippen molar-refractivity contribution in [1.82, 2.24) is 9.97 Å². The number of aromatic carboxylic acids is 1. The van der Waals surface area contributed by atoms with Gasteiger partial charge in [0.05, 0.1) is 0 Å². The molecular formula is C15H16N4O2. The number of hydrogen-bond acceptors (Lipinski definition) is 5. The van der Waals surface area contributed by atoms with Crippen LogP contribution in [0.1, 0.15) is 10.5 Å². The smallest absolute Gasteiger partial charge is 0.354 e. The van der Waals surface area contributed by atoms with Crippen molar-refractivity contribution in [2.45, 2.75) is 0 Å². The van der Waals surface area contributed by atoms with E-state index < -0.39 is 5.97 Å². The Kier molecular flexibility index (Phi) is 3.68. The topological polar surface area (TPSA) is 69.6 Å². The van der Waals surface area contributed by atoms with Crippen molar-refractivity contribution in [3.8, 4) is 0 Å². The van der Waals surface area contributed by atoms with Gasteiger partial charge in [0, 0.05) is 38.1 Å². The fourth-order valence-electron chi connectivity index (χ4n) is 2.42. The number of carbonyl (C=O) groups is 1. The second-order valence-corrected chi connectivity index (χ2v) is 4.86. The highest BCUT2D eigenvalue weighted by molar-refractivity contribution is 5.85. The highest BCUT2D eigenvalue weighted by Gasteiger charge is 2.20. The quantitative estimate of drug-likeness (QED) is 0.921. The predicted molar refractivity (Wildman–Crippen MR) is 79.9 cm³/mol. The average molecular weight is 284 g/mol. The van der Waals surface area contributed by atoms with E-state index in [0.29, 0.717) is 5.95 Å². The Morgan fingerprint density at radius 1 is 1.00 bits per heavy atom. The standard InChI is InChI=1S/C15H16N4O2/c20-14(21)13-6-7-16-15(17-13)19-10-8-18(9-11-19)12-4-2-1-3-5-12/h1-7H,8-11H2,(H,20,21). The number of rotatable bonds is 3. The minimum absolute atomic E-state index is 0.0329. The molecule has 1 aliphatic rings. The molecule has 6 nitrogen and oxygen atoms in total. The molecule has 0 spiro atoms. The lowest BCUT2D eigenvalue weighted by molar-refractivity contribution is 0.0690. The molecule has 1 aromatic carbocycles. The minimum atomic E-state index is -1.03. The summed E-state index contributed by atoms with van der Waals surface area (Å²) < 4.78 is 0. The first-order valence-corrected chi connectivity index (χ1v) is 6.85. The van der Waals surface area contributed by atoms with E-state index in [-0.39, 0.29) is 5.69 Å². The van der Waals surface area contributed by atoms with Gasteiger partial charge < -0.3 is 14.9 Å². The zero-order valence-electron chi connectivity index (χ0n) is 11.5. The van der Waals surface area contributed by atoms with Crippen molar-refractivity contribution in [2.24, 2.45) is 0 Å². The van der Waals surface area contributed by atoms with Crippen molar-refractivity contribution < 1.29 is 9.90 Å². The molecule has 108 valence electrons. The van der Waals surface area contributed by atoms with Crippen LogP contribution < -0.4 is 9.80 Å². The van der Waals surface area contributed by atoms with Crippen LogP contribution in [0.25, 0.3) is 0 Å². The summed E-state index contributed by atoms with van der Waals surface area (Å²) >= 11 is 0. The van der Waals surface area contributed by atoms with Gasteiger partial charge in [-0.2, -0.15) is 0 Å². The molecule has 1 saturated heterocycles. The van der Waals surface area contributed by atoms with Gasteiger partial charge in [-0.05, 0) is 18.2 Å². The predicted octanol–water partition coefficient (Wildman–Crippen LogP) is 1.50. The van der Waals surface area contributed by atoms with Crippen LogP contribution in [0.15, 0.2) is 42.6 Å². The van der Waals surface area contributed by atoms with Crippen molar-refractivity contribution in [3.05, 3.63) is 48.3 Å². The van der Waals surface area contributed by atoms with Crippen molar-refractivity contribution in [3.63, 3.8) is 0 Å². The van der Waals surface area contributed by atoms with Gasteiger partial charge in [0.1, 0.15) is 0 Å². The molecule has 0 atom stereocenters. The molecule has 3 rings (SSSR count). The van der Waals surface area contributed by atoms with Gasteiger partial charge >= 0.3 is 5.97 Å². The SMILES string of the molecule is O=C(O)c1ccnc(N2CCN(c3ccccc3)CC2)n1.